The fourth-order valence-corrected chi connectivity index (χ4v) is 2.80. The van der Waals surface area contributed by atoms with E-state index in [0.29, 0.717) is 23.4 Å². The van der Waals surface area contributed by atoms with E-state index in [1.165, 1.54) is 6.20 Å². The Morgan fingerprint density at radius 1 is 1.14 bits per heavy atom. The Morgan fingerprint density at radius 2 is 1.93 bits per heavy atom. The van der Waals surface area contributed by atoms with Gasteiger partial charge in [0.05, 0.1) is 29.6 Å². The van der Waals surface area contributed by atoms with Crippen molar-refractivity contribution < 1.29 is 9.53 Å². The van der Waals surface area contributed by atoms with Gasteiger partial charge in [0.2, 0.25) is 0 Å². The molecule has 28 heavy (non-hydrogen) atoms. The Bertz CT molecular complexity index is 1010. The van der Waals surface area contributed by atoms with Gasteiger partial charge in [0.25, 0.3) is 5.91 Å². The van der Waals surface area contributed by atoms with Crippen LogP contribution in [0, 0.1) is 11.3 Å². The van der Waals surface area contributed by atoms with Crippen molar-refractivity contribution in [2.24, 2.45) is 0 Å². The van der Waals surface area contributed by atoms with Crippen LogP contribution >= 0.6 is 0 Å². The van der Waals surface area contributed by atoms with Crippen molar-refractivity contribution in [3.63, 3.8) is 0 Å². The summed E-state index contributed by atoms with van der Waals surface area (Å²) in [5.41, 5.74) is 3.15. The van der Waals surface area contributed by atoms with Gasteiger partial charge in [-0.3, -0.25) is 9.78 Å². The number of pyridine rings is 1. The molecule has 2 aromatic carbocycles. The highest BCUT2D eigenvalue weighted by Crippen LogP contribution is 2.19. The average Bonchev–Trinajstić information content (AvgIpc) is 2.74. The number of methoxy groups -OCH3 is 1. The average molecular weight is 372 g/mol. The lowest BCUT2D eigenvalue weighted by atomic mass is 10.1. The van der Waals surface area contributed by atoms with Crippen molar-refractivity contribution in [1.82, 2.24) is 4.98 Å². The number of hydrogen-bond donors (Lipinski definition) is 2. The smallest absolute Gasteiger partial charge is 0.257 e. The van der Waals surface area contributed by atoms with Crippen LogP contribution in [0.15, 0.2) is 67.0 Å². The predicted molar refractivity (Wildman–Crippen MR) is 109 cm³/mol. The maximum atomic E-state index is 12.5. The van der Waals surface area contributed by atoms with Gasteiger partial charge in [-0.2, -0.15) is 5.26 Å². The van der Waals surface area contributed by atoms with Crippen molar-refractivity contribution in [3.8, 4) is 11.8 Å². The fourth-order valence-electron chi connectivity index (χ4n) is 2.80. The number of para-hydroxylation sites is 2. The molecule has 0 aliphatic carbocycles. The SMILES string of the molecule is COc1ccccc1CCNc1cncc(C(=O)Nc2ccccc2C#N)c1. The third kappa shape index (κ3) is 4.65. The molecule has 3 aromatic rings. The molecular formula is C22H20N4O2. The highest BCUT2D eigenvalue weighted by molar-refractivity contribution is 6.05. The minimum Gasteiger partial charge on any atom is -0.496 e. The molecule has 6 nitrogen and oxygen atoms in total. The number of hydrogen-bond acceptors (Lipinski definition) is 5. The van der Waals surface area contributed by atoms with Gasteiger partial charge in [-0.05, 0) is 36.2 Å². The molecule has 1 amide bonds. The number of amides is 1. The summed E-state index contributed by atoms with van der Waals surface area (Å²) >= 11 is 0. The topological polar surface area (TPSA) is 87.0 Å². The zero-order valence-electron chi connectivity index (χ0n) is 15.5. The molecule has 0 saturated heterocycles. The molecule has 3 rings (SSSR count). The Hall–Kier alpha value is -3.85. The number of carbonyl (C=O) groups excluding carboxylic acids is 1. The molecule has 140 valence electrons. The highest BCUT2D eigenvalue weighted by Gasteiger charge is 2.10. The highest BCUT2D eigenvalue weighted by atomic mass is 16.5. The molecule has 0 spiro atoms. The van der Waals surface area contributed by atoms with Gasteiger partial charge < -0.3 is 15.4 Å². The van der Waals surface area contributed by atoms with Crippen LogP contribution in [0.25, 0.3) is 0 Å². The number of ether oxygens (including phenoxy) is 1. The van der Waals surface area contributed by atoms with Crippen LogP contribution in [0.1, 0.15) is 21.5 Å². The zero-order valence-corrected chi connectivity index (χ0v) is 15.5. The maximum Gasteiger partial charge on any atom is 0.257 e. The number of rotatable bonds is 7. The molecule has 1 aromatic heterocycles. The number of nitrogens with zero attached hydrogens (tertiary/aromatic N) is 2. The second-order valence-corrected chi connectivity index (χ2v) is 6.06. The van der Waals surface area contributed by atoms with Crippen LogP contribution in [-0.4, -0.2) is 24.5 Å². The number of aromatic nitrogens is 1. The first kappa shape index (κ1) is 18.9. The summed E-state index contributed by atoms with van der Waals surface area (Å²) in [5.74, 6) is 0.537. The molecule has 0 unspecified atom stereocenters. The lowest BCUT2D eigenvalue weighted by molar-refractivity contribution is 0.102. The summed E-state index contributed by atoms with van der Waals surface area (Å²) in [7, 11) is 1.66. The zero-order chi connectivity index (χ0) is 19.8. The molecule has 0 saturated carbocycles. The van der Waals surface area contributed by atoms with Gasteiger partial charge in [-0.25, -0.2) is 0 Å². The number of nitrogens with one attached hydrogen (secondary N) is 2. The Morgan fingerprint density at radius 3 is 2.75 bits per heavy atom. The Kier molecular flexibility index (Phi) is 6.21. The summed E-state index contributed by atoms with van der Waals surface area (Å²) in [4.78, 5) is 16.6. The lowest BCUT2D eigenvalue weighted by Gasteiger charge is -2.11. The first-order valence-corrected chi connectivity index (χ1v) is 8.82. The largest absolute Gasteiger partial charge is 0.496 e. The quantitative estimate of drug-likeness (QED) is 0.657. The van der Waals surface area contributed by atoms with Crippen molar-refractivity contribution in [2.45, 2.75) is 6.42 Å². The van der Waals surface area contributed by atoms with E-state index in [4.69, 9.17) is 10.00 Å². The molecule has 0 atom stereocenters. The fraction of sp³-hybridized carbons (Fsp3) is 0.136. The minimum atomic E-state index is -0.316. The van der Waals surface area contributed by atoms with E-state index in [2.05, 4.69) is 21.7 Å². The molecule has 0 bridgehead atoms. The van der Waals surface area contributed by atoms with Crippen molar-refractivity contribution in [3.05, 3.63) is 83.7 Å². The summed E-state index contributed by atoms with van der Waals surface area (Å²) in [6, 6.07) is 18.5. The van der Waals surface area contributed by atoms with E-state index < -0.39 is 0 Å². The van der Waals surface area contributed by atoms with E-state index in [-0.39, 0.29) is 5.91 Å². The first-order valence-electron chi connectivity index (χ1n) is 8.82. The number of benzene rings is 2. The third-order valence-corrected chi connectivity index (χ3v) is 4.21. The summed E-state index contributed by atoms with van der Waals surface area (Å²) in [6.45, 7) is 0.671. The molecule has 2 N–H and O–H groups in total. The van der Waals surface area contributed by atoms with Crippen LogP contribution in [0.5, 0.6) is 5.75 Å². The minimum absolute atomic E-state index is 0.316. The Balaban J connectivity index is 1.63. The number of nitriles is 1. The van der Waals surface area contributed by atoms with Crippen LogP contribution in [-0.2, 0) is 6.42 Å². The van der Waals surface area contributed by atoms with E-state index in [1.54, 1.807) is 43.6 Å². The lowest BCUT2D eigenvalue weighted by Crippen LogP contribution is -2.14. The molecule has 0 radical (unpaired) electrons. The normalized spacial score (nSPS) is 10.0. The molecule has 1 heterocycles. The van der Waals surface area contributed by atoms with Gasteiger partial charge in [0.15, 0.2) is 0 Å². The monoisotopic (exact) mass is 372 g/mol. The predicted octanol–water partition coefficient (Wildman–Crippen LogP) is 3.87. The van der Waals surface area contributed by atoms with Gasteiger partial charge in [0, 0.05) is 18.9 Å². The third-order valence-electron chi connectivity index (χ3n) is 4.21. The van der Waals surface area contributed by atoms with Crippen molar-refractivity contribution in [2.75, 3.05) is 24.3 Å². The van der Waals surface area contributed by atoms with E-state index in [9.17, 15) is 4.79 Å². The molecule has 0 aliphatic heterocycles. The van der Waals surface area contributed by atoms with Crippen LogP contribution in [0.4, 0.5) is 11.4 Å². The van der Waals surface area contributed by atoms with Crippen molar-refractivity contribution in [1.29, 1.82) is 5.26 Å². The summed E-state index contributed by atoms with van der Waals surface area (Å²) in [6.07, 6.45) is 3.94. The molecule has 6 heteroatoms. The standard InChI is InChI=1S/C22H20N4O2/c1-28-21-9-5-3-6-16(21)10-11-25-19-12-18(14-24-15-19)22(27)26-20-8-4-2-7-17(20)13-23/h2-9,12,14-15,25H,10-11H2,1H3,(H,26,27). The van der Waals surface area contributed by atoms with Crippen LogP contribution in [0.3, 0.4) is 0 Å². The van der Waals surface area contributed by atoms with Gasteiger partial charge in [0.1, 0.15) is 11.8 Å². The second-order valence-electron chi connectivity index (χ2n) is 6.06. The Labute approximate surface area is 163 Å². The second kappa shape index (κ2) is 9.19. The summed E-state index contributed by atoms with van der Waals surface area (Å²) < 4.78 is 5.36. The maximum absolute atomic E-state index is 12.5. The number of carbonyl (C=O) groups is 1. The van der Waals surface area contributed by atoms with Crippen LogP contribution in [0.2, 0.25) is 0 Å². The summed E-state index contributed by atoms with van der Waals surface area (Å²) in [5, 5.41) is 15.2. The molecule has 0 fully saturated rings. The van der Waals surface area contributed by atoms with Crippen molar-refractivity contribution >= 4 is 17.3 Å². The van der Waals surface area contributed by atoms with Gasteiger partial charge in [-0.15, -0.1) is 0 Å². The van der Waals surface area contributed by atoms with Crippen LogP contribution < -0.4 is 15.4 Å². The first-order chi connectivity index (χ1) is 13.7. The van der Waals surface area contributed by atoms with E-state index >= 15 is 0 Å². The number of anilines is 2. The van der Waals surface area contributed by atoms with Gasteiger partial charge in [-0.1, -0.05) is 30.3 Å². The molecular weight excluding hydrogens is 352 g/mol. The van der Waals surface area contributed by atoms with Gasteiger partial charge >= 0.3 is 0 Å². The molecule has 0 aliphatic rings. The van der Waals surface area contributed by atoms with E-state index in [1.807, 2.05) is 24.3 Å². The van der Waals surface area contributed by atoms with E-state index in [0.717, 1.165) is 23.4 Å².